The first-order valence-electron chi connectivity index (χ1n) is 6.89. The third-order valence-corrected chi connectivity index (χ3v) is 4.54. The molecule has 0 spiro atoms. The van der Waals surface area contributed by atoms with Crippen LogP contribution in [0.25, 0.3) is 6.08 Å². The van der Waals surface area contributed by atoms with E-state index in [0.29, 0.717) is 20.7 Å². The highest BCUT2D eigenvalue weighted by Gasteiger charge is 2.33. The third-order valence-electron chi connectivity index (χ3n) is 3.16. The van der Waals surface area contributed by atoms with Crippen molar-refractivity contribution in [3.63, 3.8) is 0 Å². The van der Waals surface area contributed by atoms with Crippen LogP contribution in [-0.2, 0) is 14.3 Å². The van der Waals surface area contributed by atoms with E-state index in [1.807, 2.05) is 6.07 Å². The van der Waals surface area contributed by atoms with Crippen LogP contribution in [0.4, 0.5) is 0 Å². The largest absolute Gasteiger partial charge is 0.465 e. The maximum absolute atomic E-state index is 12.4. The number of thioether (sulfide) groups is 1. The Bertz CT molecular complexity index is 716. The highest BCUT2D eigenvalue weighted by atomic mass is 32.2. The van der Waals surface area contributed by atoms with Crippen LogP contribution in [0.5, 0.6) is 11.5 Å². The Morgan fingerprint density at radius 3 is 3.00 bits per heavy atom. The van der Waals surface area contributed by atoms with E-state index in [1.54, 1.807) is 25.1 Å². The summed E-state index contributed by atoms with van der Waals surface area (Å²) in [4.78, 5) is 25.6. The number of carbonyl (C=O) groups is 2. The lowest BCUT2D eigenvalue weighted by molar-refractivity contribution is -0.145. The van der Waals surface area contributed by atoms with E-state index in [9.17, 15) is 9.59 Å². The number of amides is 1. The van der Waals surface area contributed by atoms with Crippen LogP contribution in [0, 0.1) is 0 Å². The fourth-order valence-electron chi connectivity index (χ4n) is 2.13. The van der Waals surface area contributed by atoms with Gasteiger partial charge >= 0.3 is 5.97 Å². The van der Waals surface area contributed by atoms with E-state index in [1.165, 1.54) is 4.90 Å². The van der Waals surface area contributed by atoms with Gasteiger partial charge in [-0.05, 0) is 30.7 Å². The number of hydrogen-bond acceptors (Lipinski definition) is 7. The van der Waals surface area contributed by atoms with Gasteiger partial charge in [0.2, 0.25) is 6.79 Å². The Morgan fingerprint density at radius 1 is 1.43 bits per heavy atom. The van der Waals surface area contributed by atoms with Crippen molar-refractivity contribution in [3.8, 4) is 11.5 Å². The molecule has 2 heterocycles. The Kier molecular flexibility index (Phi) is 4.53. The van der Waals surface area contributed by atoms with Gasteiger partial charge in [-0.1, -0.05) is 30.0 Å². The maximum Gasteiger partial charge on any atom is 0.326 e. The molecule has 0 radical (unpaired) electrons. The lowest BCUT2D eigenvalue weighted by Gasteiger charge is -2.12. The van der Waals surface area contributed by atoms with Gasteiger partial charge in [-0.15, -0.1) is 0 Å². The molecule has 1 aromatic rings. The molecule has 0 aromatic heterocycles. The van der Waals surface area contributed by atoms with Crippen molar-refractivity contribution in [1.82, 2.24) is 4.90 Å². The minimum absolute atomic E-state index is 0.170. The Morgan fingerprint density at radius 2 is 2.22 bits per heavy atom. The second kappa shape index (κ2) is 6.59. The van der Waals surface area contributed by atoms with Gasteiger partial charge in [-0.25, -0.2) is 0 Å². The number of rotatable bonds is 4. The molecule has 0 saturated carbocycles. The molecular weight excluding hydrogens is 338 g/mol. The summed E-state index contributed by atoms with van der Waals surface area (Å²) in [6, 6.07) is 5.40. The average molecular weight is 351 g/mol. The smallest absolute Gasteiger partial charge is 0.326 e. The van der Waals surface area contributed by atoms with Crippen molar-refractivity contribution in [2.75, 3.05) is 19.9 Å². The molecule has 0 N–H and O–H groups in total. The number of benzene rings is 1. The lowest BCUT2D eigenvalue weighted by Crippen LogP contribution is -2.34. The lowest BCUT2D eigenvalue weighted by atomic mass is 10.2. The number of hydrogen-bond donors (Lipinski definition) is 0. The monoisotopic (exact) mass is 351 g/mol. The standard InChI is InChI=1S/C15H13NO5S2/c1-2-19-13(17)7-16-14(18)12(23-15(16)22)6-9-3-4-10-11(5-9)21-8-20-10/h3-6H,2,7-8H2,1H3. The normalized spacial score (nSPS) is 18.0. The molecule has 0 aliphatic carbocycles. The summed E-state index contributed by atoms with van der Waals surface area (Å²) < 4.78 is 15.8. The predicted octanol–water partition coefficient (Wildman–Crippen LogP) is 2.18. The van der Waals surface area contributed by atoms with Crippen molar-refractivity contribution in [1.29, 1.82) is 0 Å². The molecular formula is C15H13NO5S2. The van der Waals surface area contributed by atoms with E-state index in [4.69, 9.17) is 26.4 Å². The van der Waals surface area contributed by atoms with E-state index < -0.39 is 5.97 Å². The van der Waals surface area contributed by atoms with Crippen LogP contribution in [0.15, 0.2) is 23.1 Å². The fourth-order valence-corrected chi connectivity index (χ4v) is 3.38. The molecule has 1 fully saturated rings. The summed E-state index contributed by atoms with van der Waals surface area (Å²) >= 11 is 6.33. The molecule has 0 unspecified atom stereocenters. The van der Waals surface area contributed by atoms with Gasteiger partial charge in [-0.3, -0.25) is 14.5 Å². The zero-order chi connectivity index (χ0) is 16.4. The molecule has 2 aliphatic rings. The number of fused-ring (bicyclic) bond motifs is 1. The summed E-state index contributed by atoms with van der Waals surface area (Å²) in [5, 5.41) is 0. The van der Waals surface area contributed by atoms with Crippen molar-refractivity contribution < 1.29 is 23.8 Å². The van der Waals surface area contributed by atoms with E-state index in [2.05, 4.69) is 0 Å². The highest BCUT2D eigenvalue weighted by molar-refractivity contribution is 8.26. The SMILES string of the molecule is CCOC(=O)CN1C(=O)C(=Cc2ccc3c(c2)OCO3)SC1=S. The summed E-state index contributed by atoms with van der Waals surface area (Å²) in [6.07, 6.45) is 1.71. The molecule has 8 heteroatoms. The van der Waals surface area contributed by atoms with Crippen molar-refractivity contribution in [2.45, 2.75) is 6.92 Å². The zero-order valence-electron chi connectivity index (χ0n) is 12.2. The van der Waals surface area contributed by atoms with Crippen molar-refractivity contribution >= 4 is 46.3 Å². The number of thiocarbonyl (C=S) groups is 1. The molecule has 1 amide bonds. The minimum Gasteiger partial charge on any atom is -0.465 e. The summed E-state index contributed by atoms with van der Waals surface area (Å²) in [5.74, 6) is 0.539. The summed E-state index contributed by atoms with van der Waals surface area (Å²) in [5.41, 5.74) is 0.797. The Balaban J connectivity index is 1.77. The van der Waals surface area contributed by atoms with Gasteiger partial charge in [-0.2, -0.15) is 0 Å². The fraction of sp³-hybridized carbons (Fsp3) is 0.267. The second-order valence-electron chi connectivity index (χ2n) is 4.69. The quantitative estimate of drug-likeness (QED) is 0.468. The van der Waals surface area contributed by atoms with E-state index in [0.717, 1.165) is 17.3 Å². The van der Waals surface area contributed by atoms with Gasteiger partial charge < -0.3 is 14.2 Å². The first kappa shape index (κ1) is 15.8. The summed E-state index contributed by atoms with van der Waals surface area (Å²) in [6.45, 7) is 2.00. The number of carbonyl (C=O) groups excluding carboxylic acids is 2. The maximum atomic E-state index is 12.4. The topological polar surface area (TPSA) is 65.1 Å². The number of nitrogens with zero attached hydrogens (tertiary/aromatic N) is 1. The molecule has 1 aromatic carbocycles. The highest BCUT2D eigenvalue weighted by Crippen LogP contribution is 2.36. The Labute approximate surface area is 142 Å². The van der Waals surface area contributed by atoms with Crippen LogP contribution >= 0.6 is 24.0 Å². The van der Waals surface area contributed by atoms with Crippen LogP contribution in [-0.4, -0.2) is 41.0 Å². The Hall–Kier alpha value is -2.06. The van der Waals surface area contributed by atoms with Crippen molar-refractivity contribution in [3.05, 3.63) is 28.7 Å². The molecule has 2 aliphatic heterocycles. The third kappa shape index (κ3) is 3.32. The van der Waals surface area contributed by atoms with Gasteiger partial charge in [0.05, 0.1) is 11.5 Å². The molecule has 6 nitrogen and oxygen atoms in total. The molecule has 1 saturated heterocycles. The summed E-state index contributed by atoms with van der Waals surface area (Å²) in [7, 11) is 0. The van der Waals surface area contributed by atoms with Crippen LogP contribution in [0.3, 0.4) is 0 Å². The first-order chi connectivity index (χ1) is 11.1. The van der Waals surface area contributed by atoms with Gasteiger partial charge in [0.15, 0.2) is 11.5 Å². The van der Waals surface area contributed by atoms with Crippen LogP contribution in [0.2, 0.25) is 0 Å². The van der Waals surface area contributed by atoms with E-state index in [-0.39, 0.29) is 25.9 Å². The van der Waals surface area contributed by atoms with Gasteiger partial charge in [0.1, 0.15) is 10.9 Å². The molecule has 0 atom stereocenters. The van der Waals surface area contributed by atoms with E-state index >= 15 is 0 Å². The second-order valence-corrected chi connectivity index (χ2v) is 6.36. The number of esters is 1. The van der Waals surface area contributed by atoms with Crippen molar-refractivity contribution in [2.24, 2.45) is 0 Å². The molecule has 23 heavy (non-hydrogen) atoms. The first-order valence-corrected chi connectivity index (χ1v) is 8.11. The zero-order valence-corrected chi connectivity index (χ0v) is 13.9. The number of ether oxygens (including phenoxy) is 3. The minimum atomic E-state index is -0.479. The average Bonchev–Trinajstić information content (AvgIpc) is 3.07. The predicted molar refractivity (Wildman–Crippen MR) is 89.1 cm³/mol. The molecule has 0 bridgehead atoms. The van der Waals surface area contributed by atoms with Gasteiger partial charge in [0.25, 0.3) is 5.91 Å². The van der Waals surface area contributed by atoms with Gasteiger partial charge in [0, 0.05) is 0 Å². The molecule has 120 valence electrons. The van der Waals surface area contributed by atoms with Crippen LogP contribution < -0.4 is 9.47 Å². The van der Waals surface area contributed by atoms with Crippen LogP contribution in [0.1, 0.15) is 12.5 Å². The molecule has 3 rings (SSSR count).